The fourth-order valence-corrected chi connectivity index (χ4v) is 1.35. The van der Waals surface area contributed by atoms with E-state index in [9.17, 15) is 18.0 Å². The molecule has 0 radical (unpaired) electrons. The van der Waals surface area contributed by atoms with Crippen molar-refractivity contribution in [2.24, 2.45) is 0 Å². The molecule has 0 saturated carbocycles. The number of carbonyl (C=O) groups excluding carboxylic acids is 1. The number of ketones is 1. The second kappa shape index (κ2) is 6.39. The molecule has 100 valence electrons. The van der Waals surface area contributed by atoms with Crippen LogP contribution in [0.15, 0.2) is 24.3 Å². The van der Waals surface area contributed by atoms with Gasteiger partial charge in [-0.2, -0.15) is 0 Å². The molecule has 0 aliphatic heterocycles. The summed E-state index contributed by atoms with van der Waals surface area (Å²) in [5.41, 5.74) is -0.0884. The molecule has 1 rings (SSSR count). The number of rotatable bonds is 6. The molecule has 0 atom stereocenters. The molecule has 0 amide bonds. The van der Waals surface area contributed by atoms with Crippen LogP contribution in [-0.4, -0.2) is 25.4 Å². The average molecular weight is 262 g/mol. The van der Waals surface area contributed by atoms with Crippen LogP contribution in [0.5, 0.6) is 5.75 Å². The summed E-state index contributed by atoms with van der Waals surface area (Å²) in [5.74, 6) is -0.921. The molecule has 0 bridgehead atoms. The van der Waals surface area contributed by atoms with Crippen LogP contribution in [0, 0.1) is 0 Å². The number of hydrogen-bond acceptors (Lipinski definition) is 3. The summed E-state index contributed by atoms with van der Waals surface area (Å²) in [6.45, 7) is 2.40. The van der Waals surface area contributed by atoms with E-state index in [1.54, 1.807) is 6.92 Å². The van der Waals surface area contributed by atoms with E-state index in [0.29, 0.717) is 6.61 Å². The molecule has 6 heteroatoms. The van der Waals surface area contributed by atoms with Crippen molar-refractivity contribution in [3.8, 4) is 5.75 Å². The quantitative estimate of drug-likeness (QED) is 0.583. The van der Waals surface area contributed by atoms with Gasteiger partial charge in [-0.1, -0.05) is 12.1 Å². The van der Waals surface area contributed by atoms with Crippen LogP contribution in [0.1, 0.15) is 23.7 Å². The maximum Gasteiger partial charge on any atom is 0.573 e. The largest absolute Gasteiger partial charge is 0.573 e. The molecule has 1 aromatic rings. The molecule has 3 nitrogen and oxygen atoms in total. The Morgan fingerprint density at radius 2 is 1.94 bits per heavy atom. The molecule has 0 unspecified atom stereocenters. The van der Waals surface area contributed by atoms with Crippen LogP contribution in [-0.2, 0) is 4.74 Å². The van der Waals surface area contributed by atoms with Gasteiger partial charge in [-0.05, 0) is 19.1 Å². The highest BCUT2D eigenvalue weighted by Crippen LogP contribution is 2.26. The summed E-state index contributed by atoms with van der Waals surface area (Å²) in [6, 6.07) is 5.27. The summed E-state index contributed by atoms with van der Waals surface area (Å²) in [4.78, 5) is 11.7. The molecule has 0 heterocycles. The van der Waals surface area contributed by atoms with Crippen LogP contribution in [0.4, 0.5) is 13.2 Å². The lowest BCUT2D eigenvalue weighted by molar-refractivity contribution is -0.274. The predicted molar refractivity (Wildman–Crippen MR) is 58.6 cm³/mol. The first-order chi connectivity index (χ1) is 8.44. The molecule has 18 heavy (non-hydrogen) atoms. The van der Waals surface area contributed by atoms with Crippen molar-refractivity contribution in [3.63, 3.8) is 0 Å². The monoisotopic (exact) mass is 262 g/mol. The minimum Gasteiger partial charge on any atom is -0.405 e. The van der Waals surface area contributed by atoms with Gasteiger partial charge in [-0.15, -0.1) is 13.2 Å². The fourth-order valence-electron chi connectivity index (χ4n) is 1.35. The number of carbonyl (C=O) groups is 1. The van der Waals surface area contributed by atoms with Gasteiger partial charge in [0.15, 0.2) is 5.78 Å². The van der Waals surface area contributed by atoms with Crippen LogP contribution < -0.4 is 4.74 Å². The van der Waals surface area contributed by atoms with Gasteiger partial charge in [0.25, 0.3) is 0 Å². The SMILES string of the molecule is CCOCCC(=O)c1ccccc1OC(F)(F)F. The lowest BCUT2D eigenvalue weighted by Crippen LogP contribution is -2.19. The summed E-state index contributed by atoms with van der Waals surface area (Å²) >= 11 is 0. The lowest BCUT2D eigenvalue weighted by Gasteiger charge is -2.12. The van der Waals surface area contributed by atoms with Crippen molar-refractivity contribution in [1.82, 2.24) is 0 Å². The van der Waals surface area contributed by atoms with Crippen molar-refractivity contribution in [1.29, 1.82) is 0 Å². The first-order valence-electron chi connectivity index (χ1n) is 5.39. The van der Waals surface area contributed by atoms with Crippen LogP contribution >= 0.6 is 0 Å². The Bertz CT molecular complexity index is 402. The van der Waals surface area contributed by atoms with Gasteiger partial charge >= 0.3 is 6.36 Å². The maximum absolute atomic E-state index is 12.1. The fraction of sp³-hybridized carbons (Fsp3) is 0.417. The molecular formula is C12H13F3O3. The number of halogens is 3. The Morgan fingerprint density at radius 1 is 1.28 bits per heavy atom. The molecule has 0 saturated heterocycles. The number of Topliss-reactive ketones (excluding diaryl/α,β-unsaturated/α-hetero) is 1. The van der Waals surface area contributed by atoms with Gasteiger partial charge in [0.1, 0.15) is 5.75 Å². The average Bonchev–Trinajstić information content (AvgIpc) is 2.27. The molecular weight excluding hydrogens is 249 g/mol. The Balaban J connectivity index is 2.78. The predicted octanol–water partition coefficient (Wildman–Crippen LogP) is 3.19. The smallest absolute Gasteiger partial charge is 0.405 e. The molecule has 0 aliphatic carbocycles. The third kappa shape index (κ3) is 4.75. The van der Waals surface area contributed by atoms with Gasteiger partial charge in [0.2, 0.25) is 0 Å². The van der Waals surface area contributed by atoms with Gasteiger partial charge < -0.3 is 9.47 Å². The van der Waals surface area contributed by atoms with Gasteiger partial charge in [0, 0.05) is 13.0 Å². The van der Waals surface area contributed by atoms with Crippen LogP contribution in [0.25, 0.3) is 0 Å². The van der Waals surface area contributed by atoms with Crippen LogP contribution in [0.2, 0.25) is 0 Å². The molecule has 0 N–H and O–H groups in total. The highest BCUT2D eigenvalue weighted by atomic mass is 19.4. The first kappa shape index (κ1) is 14.5. The first-order valence-corrected chi connectivity index (χ1v) is 5.39. The van der Waals surface area contributed by atoms with Crippen LogP contribution in [0.3, 0.4) is 0 Å². The molecule has 0 aliphatic rings. The van der Waals surface area contributed by atoms with Crippen molar-refractivity contribution in [2.75, 3.05) is 13.2 Å². The van der Waals surface area contributed by atoms with Gasteiger partial charge in [-0.25, -0.2) is 0 Å². The van der Waals surface area contributed by atoms with E-state index in [-0.39, 0.29) is 18.6 Å². The van der Waals surface area contributed by atoms with E-state index in [2.05, 4.69) is 4.74 Å². The molecule has 0 fully saturated rings. The minimum absolute atomic E-state index is 0.0199. The van der Waals surface area contributed by atoms with E-state index >= 15 is 0 Å². The Labute approximate surface area is 103 Å². The highest BCUT2D eigenvalue weighted by molar-refractivity contribution is 5.98. The summed E-state index contributed by atoms with van der Waals surface area (Å²) < 4.78 is 45.2. The number of alkyl halides is 3. The second-order valence-corrected chi connectivity index (χ2v) is 3.41. The zero-order valence-electron chi connectivity index (χ0n) is 9.79. The Kier molecular flexibility index (Phi) is 5.15. The topological polar surface area (TPSA) is 35.5 Å². The number of hydrogen-bond donors (Lipinski definition) is 0. The third-order valence-corrected chi connectivity index (χ3v) is 2.09. The van der Waals surface area contributed by atoms with Crippen molar-refractivity contribution in [3.05, 3.63) is 29.8 Å². The summed E-state index contributed by atoms with van der Waals surface area (Å²) in [5, 5.41) is 0. The van der Waals surface area contributed by atoms with E-state index in [1.807, 2.05) is 0 Å². The van der Waals surface area contributed by atoms with Crippen molar-refractivity contribution < 1.29 is 27.4 Å². The van der Waals surface area contributed by atoms with Crippen molar-refractivity contribution >= 4 is 5.78 Å². The zero-order chi connectivity index (χ0) is 13.6. The molecule has 0 aromatic heterocycles. The van der Waals surface area contributed by atoms with E-state index < -0.39 is 17.9 Å². The lowest BCUT2D eigenvalue weighted by atomic mass is 10.1. The standard InChI is InChI=1S/C12H13F3O3/c1-2-17-8-7-10(16)9-5-3-4-6-11(9)18-12(13,14)15/h3-6H,2,7-8H2,1H3. The van der Waals surface area contributed by atoms with E-state index in [1.165, 1.54) is 18.2 Å². The normalized spacial score (nSPS) is 11.3. The molecule has 0 spiro atoms. The molecule has 1 aromatic carbocycles. The third-order valence-electron chi connectivity index (χ3n) is 2.09. The zero-order valence-corrected chi connectivity index (χ0v) is 9.79. The Hall–Kier alpha value is -1.56. The number of benzene rings is 1. The second-order valence-electron chi connectivity index (χ2n) is 3.41. The number of para-hydroxylation sites is 1. The summed E-state index contributed by atoms with van der Waals surface area (Å²) in [7, 11) is 0. The highest BCUT2D eigenvalue weighted by Gasteiger charge is 2.32. The minimum atomic E-state index is -4.81. The van der Waals surface area contributed by atoms with E-state index in [0.717, 1.165) is 6.07 Å². The van der Waals surface area contributed by atoms with Crippen molar-refractivity contribution in [2.45, 2.75) is 19.7 Å². The van der Waals surface area contributed by atoms with E-state index in [4.69, 9.17) is 4.74 Å². The Morgan fingerprint density at radius 3 is 2.56 bits per heavy atom. The van der Waals surface area contributed by atoms with Gasteiger partial charge in [-0.3, -0.25) is 4.79 Å². The number of ether oxygens (including phenoxy) is 2. The van der Waals surface area contributed by atoms with Gasteiger partial charge in [0.05, 0.1) is 12.2 Å². The maximum atomic E-state index is 12.1. The summed E-state index contributed by atoms with van der Waals surface area (Å²) in [6.07, 6.45) is -4.79.